The summed E-state index contributed by atoms with van der Waals surface area (Å²) in [7, 11) is 0. The molecule has 0 saturated carbocycles. The fourth-order valence-electron chi connectivity index (χ4n) is 2.76. The molecule has 2 aromatic carbocycles. The third-order valence-corrected chi connectivity index (χ3v) is 4.31. The third-order valence-electron chi connectivity index (χ3n) is 3.82. The molecule has 0 bridgehead atoms. The van der Waals surface area contributed by atoms with Crippen LogP contribution in [0.4, 0.5) is 10.1 Å². The molecule has 2 aromatic rings. The molecule has 3 rings (SSSR count). The number of fused-ring (bicyclic) bond motifs is 1. The van der Waals surface area contributed by atoms with E-state index in [2.05, 4.69) is 21.2 Å². The maximum absolute atomic E-state index is 13.8. The molecule has 0 radical (unpaired) electrons. The van der Waals surface area contributed by atoms with E-state index < -0.39 is 0 Å². The molecule has 0 saturated heterocycles. The van der Waals surface area contributed by atoms with Crippen molar-refractivity contribution in [3.05, 3.63) is 63.9 Å². The van der Waals surface area contributed by atoms with E-state index in [-0.39, 0.29) is 23.9 Å². The molecule has 1 unspecified atom stereocenters. The second kappa shape index (κ2) is 5.98. The van der Waals surface area contributed by atoms with Gasteiger partial charge >= 0.3 is 0 Å². The molecular formula is C17H15BrFNO. The van der Waals surface area contributed by atoms with Crippen molar-refractivity contribution < 1.29 is 9.18 Å². The van der Waals surface area contributed by atoms with Crippen LogP contribution in [-0.4, -0.2) is 12.3 Å². The van der Waals surface area contributed by atoms with Crippen molar-refractivity contribution in [1.82, 2.24) is 0 Å². The molecule has 108 valence electrons. The number of anilines is 1. The zero-order valence-electron chi connectivity index (χ0n) is 11.4. The molecule has 0 aliphatic carbocycles. The van der Waals surface area contributed by atoms with Gasteiger partial charge in [-0.3, -0.25) is 4.79 Å². The zero-order chi connectivity index (χ0) is 14.8. The van der Waals surface area contributed by atoms with Crippen LogP contribution in [0, 0.1) is 5.82 Å². The van der Waals surface area contributed by atoms with Gasteiger partial charge in [-0.25, -0.2) is 4.39 Å². The second-order valence-electron chi connectivity index (χ2n) is 5.32. The fraction of sp³-hybridized carbons (Fsp3) is 0.235. The summed E-state index contributed by atoms with van der Waals surface area (Å²) in [4.78, 5) is 12.2. The summed E-state index contributed by atoms with van der Waals surface area (Å²) in [6.07, 6.45) is 0.595. The first-order chi connectivity index (χ1) is 10.1. The first-order valence-electron chi connectivity index (χ1n) is 6.92. The molecule has 21 heavy (non-hydrogen) atoms. The summed E-state index contributed by atoms with van der Waals surface area (Å²) in [6.45, 7) is 0.772. The number of rotatable bonds is 4. The Morgan fingerprint density at radius 3 is 2.90 bits per heavy atom. The Morgan fingerprint density at radius 2 is 2.10 bits per heavy atom. The van der Waals surface area contributed by atoms with Crippen molar-refractivity contribution in [3.8, 4) is 0 Å². The summed E-state index contributed by atoms with van der Waals surface area (Å²) in [5, 5.41) is 3.31. The first kappa shape index (κ1) is 14.3. The van der Waals surface area contributed by atoms with Crippen LogP contribution in [0.25, 0.3) is 0 Å². The monoisotopic (exact) mass is 347 g/mol. The molecule has 1 aliphatic rings. The van der Waals surface area contributed by atoms with E-state index in [1.807, 2.05) is 24.3 Å². The third kappa shape index (κ3) is 3.16. The second-order valence-corrected chi connectivity index (χ2v) is 6.24. The number of nitrogens with one attached hydrogen (secondary N) is 1. The summed E-state index contributed by atoms with van der Waals surface area (Å²) in [5.74, 6) is -0.0744. The van der Waals surface area contributed by atoms with Crippen LogP contribution in [0.3, 0.4) is 0 Å². The highest BCUT2D eigenvalue weighted by Crippen LogP contribution is 2.33. The SMILES string of the molecule is O=C(Cc1ccc(Br)cc1F)CC1CNc2ccccc21. The van der Waals surface area contributed by atoms with E-state index in [1.165, 1.54) is 11.6 Å². The standard InChI is InChI=1S/C17H15BrFNO/c18-13-6-5-11(16(19)9-13)7-14(21)8-12-10-20-17-4-2-1-3-15(12)17/h1-6,9,12,20H,7-8,10H2. The number of benzene rings is 2. The Kier molecular flexibility index (Phi) is 4.06. The van der Waals surface area contributed by atoms with Crippen LogP contribution < -0.4 is 5.32 Å². The fourth-order valence-corrected chi connectivity index (χ4v) is 3.10. The van der Waals surface area contributed by atoms with E-state index in [9.17, 15) is 9.18 Å². The molecular weight excluding hydrogens is 333 g/mol. The van der Waals surface area contributed by atoms with Gasteiger partial charge in [-0.05, 0) is 29.3 Å². The Balaban J connectivity index is 1.68. The van der Waals surface area contributed by atoms with Gasteiger partial charge in [0, 0.05) is 35.5 Å². The predicted octanol–water partition coefficient (Wildman–Crippen LogP) is 4.30. The highest BCUT2D eigenvalue weighted by molar-refractivity contribution is 9.10. The van der Waals surface area contributed by atoms with E-state index in [0.29, 0.717) is 16.5 Å². The quantitative estimate of drug-likeness (QED) is 0.893. The molecule has 1 atom stereocenters. The summed E-state index contributed by atoms with van der Waals surface area (Å²) >= 11 is 3.22. The van der Waals surface area contributed by atoms with Gasteiger partial charge in [-0.1, -0.05) is 40.2 Å². The number of Topliss-reactive ketones (excluding diaryl/α,β-unsaturated/α-hetero) is 1. The molecule has 1 aliphatic heterocycles. The molecule has 0 amide bonds. The summed E-state index contributed by atoms with van der Waals surface area (Å²) < 4.78 is 14.5. The molecule has 0 aromatic heterocycles. The average molecular weight is 348 g/mol. The first-order valence-corrected chi connectivity index (χ1v) is 7.71. The maximum atomic E-state index is 13.8. The normalized spacial score (nSPS) is 16.4. The Bertz CT molecular complexity index is 686. The molecule has 2 nitrogen and oxygen atoms in total. The van der Waals surface area contributed by atoms with Gasteiger partial charge in [0.15, 0.2) is 0 Å². The Morgan fingerprint density at radius 1 is 1.29 bits per heavy atom. The largest absolute Gasteiger partial charge is 0.384 e. The number of carbonyl (C=O) groups is 1. The highest BCUT2D eigenvalue weighted by Gasteiger charge is 2.24. The van der Waals surface area contributed by atoms with Crippen molar-refractivity contribution >= 4 is 27.4 Å². The topological polar surface area (TPSA) is 29.1 Å². The van der Waals surface area contributed by atoms with Crippen LogP contribution in [0.2, 0.25) is 0 Å². The van der Waals surface area contributed by atoms with Crippen LogP contribution in [0.5, 0.6) is 0 Å². The van der Waals surface area contributed by atoms with E-state index >= 15 is 0 Å². The highest BCUT2D eigenvalue weighted by atomic mass is 79.9. The van der Waals surface area contributed by atoms with Crippen molar-refractivity contribution in [2.45, 2.75) is 18.8 Å². The number of carbonyl (C=O) groups excluding carboxylic acids is 1. The van der Waals surface area contributed by atoms with Crippen LogP contribution in [0.1, 0.15) is 23.5 Å². The van der Waals surface area contributed by atoms with Gasteiger partial charge < -0.3 is 5.32 Å². The van der Waals surface area contributed by atoms with Crippen molar-refractivity contribution in [2.75, 3.05) is 11.9 Å². The van der Waals surface area contributed by atoms with Crippen LogP contribution in [-0.2, 0) is 11.2 Å². The minimum Gasteiger partial charge on any atom is -0.384 e. The van der Waals surface area contributed by atoms with E-state index in [4.69, 9.17) is 0 Å². The van der Waals surface area contributed by atoms with Gasteiger partial charge in [0.25, 0.3) is 0 Å². The lowest BCUT2D eigenvalue weighted by atomic mass is 9.93. The van der Waals surface area contributed by atoms with Gasteiger partial charge in [-0.15, -0.1) is 0 Å². The van der Waals surface area contributed by atoms with Gasteiger partial charge in [-0.2, -0.15) is 0 Å². The number of halogens is 2. The van der Waals surface area contributed by atoms with Crippen molar-refractivity contribution in [3.63, 3.8) is 0 Å². The van der Waals surface area contributed by atoms with Gasteiger partial charge in [0.2, 0.25) is 0 Å². The molecule has 4 heteroatoms. The molecule has 0 fully saturated rings. The summed E-state index contributed by atoms with van der Waals surface area (Å²) in [5.41, 5.74) is 2.75. The lowest BCUT2D eigenvalue weighted by Crippen LogP contribution is -2.12. The Labute approximate surface area is 131 Å². The molecule has 1 N–H and O–H groups in total. The molecule has 0 spiro atoms. The zero-order valence-corrected chi connectivity index (χ0v) is 13.0. The van der Waals surface area contributed by atoms with Gasteiger partial charge in [0.1, 0.15) is 11.6 Å². The van der Waals surface area contributed by atoms with Crippen LogP contribution >= 0.6 is 15.9 Å². The average Bonchev–Trinajstić information content (AvgIpc) is 2.85. The van der Waals surface area contributed by atoms with Gasteiger partial charge in [0.05, 0.1) is 0 Å². The van der Waals surface area contributed by atoms with E-state index in [1.54, 1.807) is 12.1 Å². The number of hydrogen-bond donors (Lipinski definition) is 1. The Hall–Kier alpha value is -1.68. The lowest BCUT2D eigenvalue weighted by Gasteiger charge is -2.09. The predicted molar refractivity (Wildman–Crippen MR) is 85.1 cm³/mol. The minimum absolute atomic E-state index is 0.0692. The van der Waals surface area contributed by atoms with Crippen molar-refractivity contribution in [1.29, 1.82) is 0 Å². The summed E-state index contributed by atoms with van der Waals surface area (Å²) in [6, 6.07) is 12.9. The number of hydrogen-bond acceptors (Lipinski definition) is 2. The maximum Gasteiger partial charge on any atom is 0.138 e. The lowest BCUT2D eigenvalue weighted by molar-refractivity contribution is -0.118. The smallest absolute Gasteiger partial charge is 0.138 e. The minimum atomic E-state index is -0.331. The number of para-hydroxylation sites is 1. The van der Waals surface area contributed by atoms with Crippen LogP contribution in [0.15, 0.2) is 46.9 Å². The number of ketones is 1. The van der Waals surface area contributed by atoms with Crippen molar-refractivity contribution in [2.24, 2.45) is 0 Å². The van der Waals surface area contributed by atoms with E-state index in [0.717, 1.165) is 12.2 Å². The molecule has 1 heterocycles.